The average molecular weight is 472 g/mol. The lowest BCUT2D eigenvalue weighted by Gasteiger charge is -2.20. The minimum absolute atomic E-state index is 0.0532. The van der Waals surface area contributed by atoms with E-state index in [4.69, 9.17) is 11.6 Å². The number of fused-ring (bicyclic) bond motifs is 1. The van der Waals surface area contributed by atoms with Gasteiger partial charge >= 0.3 is 5.97 Å². The van der Waals surface area contributed by atoms with Gasteiger partial charge in [-0.05, 0) is 44.0 Å². The van der Waals surface area contributed by atoms with E-state index in [2.05, 4.69) is 20.3 Å². The summed E-state index contributed by atoms with van der Waals surface area (Å²) in [7, 11) is 0. The molecule has 0 saturated heterocycles. The van der Waals surface area contributed by atoms with Gasteiger partial charge in [-0.15, -0.1) is 0 Å². The molecule has 1 saturated carbocycles. The molecule has 3 aromatic rings. The fraction of sp³-hybridized carbons (Fsp3) is 0.348. The van der Waals surface area contributed by atoms with Crippen molar-refractivity contribution in [1.29, 1.82) is 5.26 Å². The number of benzene rings is 1. The Balaban J connectivity index is 1.80. The number of nitriles is 1. The second-order valence-corrected chi connectivity index (χ2v) is 8.68. The Bertz CT molecular complexity index is 1310. The molecule has 1 aliphatic carbocycles. The third-order valence-corrected chi connectivity index (χ3v) is 5.98. The van der Waals surface area contributed by atoms with Gasteiger partial charge in [0.15, 0.2) is 11.4 Å². The number of carboxylic acid groups (broad SMARTS) is 1. The molecule has 0 spiro atoms. The van der Waals surface area contributed by atoms with Crippen LogP contribution in [0.2, 0.25) is 5.15 Å². The van der Waals surface area contributed by atoms with Crippen molar-refractivity contribution in [2.45, 2.75) is 51.0 Å². The number of hydrogen-bond acceptors (Lipinski definition) is 6. The van der Waals surface area contributed by atoms with Crippen molar-refractivity contribution in [3.8, 4) is 6.07 Å². The summed E-state index contributed by atoms with van der Waals surface area (Å²) in [6, 6.07) is 8.23. The van der Waals surface area contributed by atoms with Gasteiger partial charge in [0, 0.05) is 24.3 Å². The second-order valence-electron chi connectivity index (χ2n) is 8.29. The number of rotatable bonds is 5. The van der Waals surface area contributed by atoms with E-state index in [1.54, 1.807) is 6.07 Å². The number of carboxylic acids is 1. The van der Waals surface area contributed by atoms with E-state index >= 15 is 0 Å². The Kier molecular flexibility index (Phi) is 5.89. The predicted molar refractivity (Wildman–Crippen MR) is 119 cm³/mol. The Labute approximate surface area is 193 Å². The van der Waals surface area contributed by atoms with Gasteiger partial charge in [0.1, 0.15) is 11.2 Å². The van der Waals surface area contributed by atoms with Gasteiger partial charge in [0.05, 0.1) is 28.5 Å². The molecular formula is C23H20ClF2N5O2. The third-order valence-electron chi connectivity index (χ3n) is 5.77. The molecular weight excluding hydrogens is 452 g/mol. The zero-order chi connectivity index (χ0) is 23.9. The standard InChI is InChI=1S/C23H20ClF2N5O2/c1-11-7-14(12(2)28-15-3-4-18(24)30-21(15)22(32)33)20-16(8-11)29-17(10-27)19(31-20)13-5-6-23(25,26)9-13/h3-4,7-8,12-13,28H,5-6,9H2,1-2H3,(H,32,33)/t12-,13+/m1/s1. The number of aromatic nitrogens is 3. The smallest absolute Gasteiger partial charge is 0.356 e. The van der Waals surface area contributed by atoms with E-state index in [0.29, 0.717) is 16.6 Å². The summed E-state index contributed by atoms with van der Waals surface area (Å²) in [5.74, 6) is -4.57. The van der Waals surface area contributed by atoms with Crippen molar-refractivity contribution in [3.63, 3.8) is 0 Å². The second kappa shape index (κ2) is 8.52. The number of carbonyl (C=O) groups is 1. The van der Waals surface area contributed by atoms with E-state index in [9.17, 15) is 23.9 Å². The number of aryl methyl sites for hydroxylation is 1. The average Bonchev–Trinajstić information content (AvgIpc) is 3.12. The predicted octanol–water partition coefficient (Wildman–Crippen LogP) is 5.63. The summed E-state index contributed by atoms with van der Waals surface area (Å²) >= 11 is 5.84. The van der Waals surface area contributed by atoms with E-state index in [0.717, 1.165) is 5.56 Å². The van der Waals surface area contributed by atoms with Crippen LogP contribution in [-0.4, -0.2) is 32.0 Å². The Morgan fingerprint density at radius 1 is 1.33 bits per heavy atom. The van der Waals surface area contributed by atoms with Crippen molar-refractivity contribution in [1.82, 2.24) is 15.0 Å². The van der Waals surface area contributed by atoms with Gasteiger partial charge in [-0.3, -0.25) is 0 Å². The monoisotopic (exact) mass is 471 g/mol. The van der Waals surface area contributed by atoms with Crippen LogP contribution in [0.1, 0.15) is 71.1 Å². The first-order valence-corrected chi connectivity index (χ1v) is 10.7. The highest BCUT2D eigenvalue weighted by atomic mass is 35.5. The lowest BCUT2D eigenvalue weighted by atomic mass is 9.98. The maximum Gasteiger partial charge on any atom is 0.356 e. The molecule has 10 heteroatoms. The Hall–Kier alpha value is -3.38. The Morgan fingerprint density at radius 2 is 2.09 bits per heavy atom. The number of halogens is 3. The number of nitrogens with zero attached hydrogens (tertiary/aromatic N) is 4. The molecule has 1 fully saturated rings. The van der Waals surface area contributed by atoms with Crippen molar-refractivity contribution in [3.05, 3.63) is 57.6 Å². The summed E-state index contributed by atoms with van der Waals surface area (Å²) in [4.78, 5) is 24.6. The van der Waals surface area contributed by atoms with Crippen LogP contribution in [0, 0.1) is 18.3 Å². The van der Waals surface area contributed by atoms with Crippen molar-refractivity contribution in [2.24, 2.45) is 0 Å². The molecule has 1 aliphatic rings. The molecule has 7 nitrogen and oxygen atoms in total. The minimum Gasteiger partial charge on any atom is -0.476 e. The molecule has 2 atom stereocenters. The fourth-order valence-electron chi connectivity index (χ4n) is 4.25. The van der Waals surface area contributed by atoms with Crippen LogP contribution in [0.5, 0.6) is 0 Å². The van der Waals surface area contributed by atoms with Gasteiger partial charge in [0.25, 0.3) is 0 Å². The summed E-state index contributed by atoms with van der Waals surface area (Å²) in [6.07, 6.45) is -0.382. The lowest BCUT2D eigenvalue weighted by Crippen LogP contribution is -2.14. The number of hydrogen-bond donors (Lipinski definition) is 2. The lowest BCUT2D eigenvalue weighted by molar-refractivity contribution is 0.00764. The maximum absolute atomic E-state index is 13.9. The highest BCUT2D eigenvalue weighted by Crippen LogP contribution is 2.44. The van der Waals surface area contributed by atoms with Crippen molar-refractivity contribution >= 4 is 34.3 Å². The van der Waals surface area contributed by atoms with E-state index < -0.39 is 23.9 Å². The van der Waals surface area contributed by atoms with E-state index in [1.165, 1.54) is 12.1 Å². The molecule has 2 aromatic heterocycles. The maximum atomic E-state index is 13.9. The van der Waals surface area contributed by atoms with Crippen LogP contribution >= 0.6 is 11.6 Å². The zero-order valence-corrected chi connectivity index (χ0v) is 18.6. The van der Waals surface area contributed by atoms with Crippen molar-refractivity contribution in [2.75, 3.05) is 5.32 Å². The van der Waals surface area contributed by atoms with Crippen LogP contribution in [0.25, 0.3) is 11.0 Å². The first-order valence-electron chi connectivity index (χ1n) is 10.3. The third kappa shape index (κ3) is 4.57. The summed E-state index contributed by atoms with van der Waals surface area (Å²) in [6.45, 7) is 3.68. The van der Waals surface area contributed by atoms with Gasteiger partial charge in [-0.2, -0.15) is 5.26 Å². The van der Waals surface area contributed by atoms with E-state index in [-0.39, 0.29) is 47.2 Å². The molecule has 0 bridgehead atoms. The number of nitrogens with one attached hydrogen (secondary N) is 1. The topological polar surface area (TPSA) is 112 Å². The molecule has 0 unspecified atom stereocenters. The minimum atomic E-state index is -2.78. The van der Waals surface area contributed by atoms with Gasteiger partial charge < -0.3 is 10.4 Å². The van der Waals surface area contributed by atoms with Crippen LogP contribution < -0.4 is 5.32 Å². The molecule has 2 N–H and O–H groups in total. The fourth-order valence-corrected chi connectivity index (χ4v) is 4.40. The molecule has 2 heterocycles. The SMILES string of the molecule is Cc1cc([C@@H](C)Nc2ccc(Cl)nc2C(=O)O)c2nc([C@H]3CCC(F)(F)C3)c(C#N)nc2c1. The van der Waals surface area contributed by atoms with Crippen LogP contribution in [-0.2, 0) is 0 Å². The number of aromatic carboxylic acids is 1. The van der Waals surface area contributed by atoms with Crippen LogP contribution in [0.3, 0.4) is 0 Å². The van der Waals surface area contributed by atoms with Gasteiger partial charge in [-0.1, -0.05) is 17.7 Å². The van der Waals surface area contributed by atoms with E-state index in [1.807, 2.05) is 26.0 Å². The molecule has 0 amide bonds. The molecule has 4 rings (SSSR count). The molecule has 0 radical (unpaired) electrons. The quantitative estimate of drug-likeness (QED) is 0.463. The molecule has 33 heavy (non-hydrogen) atoms. The molecule has 0 aliphatic heterocycles. The highest BCUT2D eigenvalue weighted by molar-refractivity contribution is 6.29. The van der Waals surface area contributed by atoms with Crippen LogP contribution in [0.15, 0.2) is 24.3 Å². The molecule has 170 valence electrons. The summed E-state index contributed by atoms with van der Waals surface area (Å²) in [5, 5.41) is 22.2. The summed E-state index contributed by atoms with van der Waals surface area (Å²) in [5.41, 5.74) is 2.87. The van der Waals surface area contributed by atoms with Gasteiger partial charge in [0.2, 0.25) is 5.92 Å². The molecule has 1 aromatic carbocycles. The zero-order valence-electron chi connectivity index (χ0n) is 17.9. The normalized spacial score (nSPS) is 18.1. The Morgan fingerprint density at radius 3 is 2.73 bits per heavy atom. The largest absolute Gasteiger partial charge is 0.476 e. The first kappa shape index (κ1) is 22.8. The van der Waals surface area contributed by atoms with Crippen molar-refractivity contribution < 1.29 is 18.7 Å². The van der Waals surface area contributed by atoms with Gasteiger partial charge in [-0.25, -0.2) is 28.5 Å². The van der Waals surface area contributed by atoms with Crippen LogP contribution in [0.4, 0.5) is 14.5 Å². The summed E-state index contributed by atoms with van der Waals surface area (Å²) < 4.78 is 27.7. The number of anilines is 1. The number of alkyl halides is 2. The number of pyridine rings is 1. The first-order chi connectivity index (χ1) is 15.6. The highest BCUT2D eigenvalue weighted by Gasteiger charge is 2.41.